The molecule has 0 radical (unpaired) electrons. The van der Waals surface area contributed by atoms with Crippen LogP contribution in [-0.2, 0) is 29.4 Å². The van der Waals surface area contributed by atoms with Gasteiger partial charge in [-0.3, -0.25) is 9.48 Å². The van der Waals surface area contributed by atoms with E-state index < -0.39 is 5.97 Å². The Morgan fingerprint density at radius 3 is 2.65 bits per heavy atom. The van der Waals surface area contributed by atoms with Crippen LogP contribution in [0.25, 0.3) is 11.3 Å². The number of hydrogen-bond acceptors (Lipinski definition) is 4. The van der Waals surface area contributed by atoms with E-state index in [9.17, 15) is 9.59 Å². The highest BCUT2D eigenvalue weighted by atomic mass is 16.5. The van der Waals surface area contributed by atoms with E-state index in [-0.39, 0.29) is 12.6 Å². The lowest BCUT2D eigenvalue weighted by atomic mass is 10.0. The summed E-state index contributed by atoms with van der Waals surface area (Å²) >= 11 is 0. The second kappa shape index (κ2) is 8.03. The van der Waals surface area contributed by atoms with Crippen molar-refractivity contribution in [3.63, 3.8) is 0 Å². The van der Waals surface area contributed by atoms with Crippen molar-refractivity contribution in [1.29, 1.82) is 0 Å². The van der Waals surface area contributed by atoms with Crippen molar-refractivity contribution in [3.8, 4) is 11.3 Å². The minimum Gasteiger partial charge on any atom is -0.465 e. The first-order valence-corrected chi connectivity index (χ1v) is 8.88. The zero-order chi connectivity index (χ0) is 18.5. The van der Waals surface area contributed by atoms with Crippen LogP contribution in [-0.4, -0.2) is 52.9 Å². The number of carbonyl (C=O) groups excluding carboxylic acids is 2. The number of fused-ring (bicyclic) bond motifs is 1. The number of hydrogen-bond donors (Lipinski definition) is 1. The average molecular weight is 356 g/mol. The Bertz CT molecular complexity index is 786. The van der Waals surface area contributed by atoms with Crippen LogP contribution >= 0.6 is 0 Å². The van der Waals surface area contributed by atoms with Crippen molar-refractivity contribution in [2.45, 2.75) is 19.8 Å². The Morgan fingerprint density at radius 2 is 1.92 bits per heavy atom. The van der Waals surface area contributed by atoms with Gasteiger partial charge >= 0.3 is 12.0 Å². The molecule has 0 atom stereocenters. The van der Waals surface area contributed by atoms with Crippen LogP contribution in [0, 0.1) is 0 Å². The molecule has 0 unspecified atom stereocenters. The predicted octanol–water partition coefficient (Wildman–Crippen LogP) is 1.76. The summed E-state index contributed by atoms with van der Waals surface area (Å²) < 4.78 is 6.75. The van der Waals surface area contributed by atoms with Gasteiger partial charge in [-0.05, 0) is 13.3 Å². The van der Waals surface area contributed by atoms with Gasteiger partial charge in [0, 0.05) is 43.4 Å². The summed E-state index contributed by atoms with van der Waals surface area (Å²) in [5.41, 5.74) is 4.42. The fraction of sp³-hybridized carbons (Fsp3) is 0.421. The molecule has 0 aliphatic carbocycles. The van der Waals surface area contributed by atoms with Crippen LogP contribution in [0.4, 0.5) is 4.79 Å². The topological polar surface area (TPSA) is 76.5 Å². The molecule has 2 heterocycles. The van der Waals surface area contributed by atoms with Crippen molar-refractivity contribution in [2.24, 2.45) is 7.05 Å². The highest BCUT2D eigenvalue weighted by Gasteiger charge is 2.24. The quantitative estimate of drug-likeness (QED) is 0.847. The van der Waals surface area contributed by atoms with E-state index in [2.05, 4.69) is 17.4 Å². The summed E-state index contributed by atoms with van der Waals surface area (Å²) in [5, 5.41) is 7.33. The minimum atomic E-state index is -0.422. The number of aryl methyl sites for hydroxylation is 1. The molecule has 1 aliphatic rings. The SMILES string of the molecule is CCOC(=O)CNC(=O)N1CCc2c(-c3ccccc3)nn(C)c2CC1. The lowest BCUT2D eigenvalue weighted by molar-refractivity contribution is -0.141. The number of rotatable bonds is 4. The minimum absolute atomic E-state index is 0.104. The Labute approximate surface area is 152 Å². The number of aromatic nitrogens is 2. The van der Waals surface area contributed by atoms with Gasteiger partial charge in [-0.25, -0.2) is 4.79 Å². The molecule has 7 heteroatoms. The van der Waals surface area contributed by atoms with Crippen molar-refractivity contribution in [2.75, 3.05) is 26.2 Å². The Balaban J connectivity index is 1.70. The molecular formula is C19H24N4O3. The summed E-state index contributed by atoms with van der Waals surface area (Å²) in [6.07, 6.45) is 1.47. The van der Waals surface area contributed by atoms with E-state index in [1.165, 1.54) is 5.56 Å². The summed E-state index contributed by atoms with van der Waals surface area (Å²) in [6, 6.07) is 9.86. The highest BCUT2D eigenvalue weighted by molar-refractivity contribution is 5.81. The van der Waals surface area contributed by atoms with Gasteiger partial charge in [0.05, 0.1) is 12.3 Å². The van der Waals surface area contributed by atoms with Gasteiger partial charge in [0.2, 0.25) is 0 Å². The maximum absolute atomic E-state index is 12.4. The van der Waals surface area contributed by atoms with Crippen LogP contribution in [0.15, 0.2) is 30.3 Å². The van der Waals surface area contributed by atoms with Gasteiger partial charge < -0.3 is 15.0 Å². The molecule has 138 valence electrons. The molecule has 7 nitrogen and oxygen atoms in total. The number of nitrogens with zero attached hydrogens (tertiary/aromatic N) is 3. The average Bonchev–Trinajstić information content (AvgIpc) is 2.82. The fourth-order valence-electron chi connectivity index (χ4n) is 3.28. The van der Waals surface area contributed by atoms with Gasteiger partial charge in [-0.15, -0.1) is 0 Å². The maximum Gasteiger partial charge on any atom is 0.325 e. The van der Waals surface area contributed by atoms with Crippen LogP contribution < -0.4 is 5.32 Å². The monoisotopic (exact) mass is 356 g/mol. The summed E-state index contributed by atoms with van der Waals surface area (Å²) in [4.78, 5) is 25.5. The third-order valence-electron chi connectivity index (χ3n) is 4.55. The van der Waals surface area contributed by atoms with Gasteiger partial charge in [-0.2, -0.15) is 5.10 Å². The van der Waals surface area contributed by atoms with Gasteiger partial charge in [0.25, 0.3) is 0 Å². The number of esters is 1. The molecule has 0 bridgehead atoms. The summed E-state index contributed by atoms with van der Waals surface area (Å²) in [6.45, 7) is 3.13. The molecule has 1 N–H and O–H groups in total. The molecule has 0 spiro atoms. The lowest BCUT2D eigenvalue weighted by Crippen LogP contribution is -2.43. The largest absolute Gasteiger partial charge is 0.465 e. The van der Waals surface area contributed by atoms with Crippen LogP contribution in [0.1, 0.15) is 18.2 Å². The van der Waals surface area contributed by atoms with Crippen molar-refractivity contribution < 1.29 is 14.3 Å². The standard InChI is InChI=1S/C19H24N4O3/c1-3-26-17(24)13-20-19(25)23-11-9-15-16(10-12-23)22(2)21-18(15)14-7-5-4-6-8-14/h4-8H,3,9-13H2,1-2H3,(H,20,25). The third-order valence-corrected chi connectivity index (χ3v) is 4.55. The molecule has 1 aliphatic heterocycles. The Morgan fingerprint density at radius 1 is 1.19 bits per heavy atom. The molecule has 3 rings (SSSR count). The number of carbonyl (C=O) groups is 2. The van der Waals surface area contributed by atoms with Crippen LogP contribution in [0.3, 0.4) is 0 Å². The number of ether oxygens (including phenoxy) is 1. The van der Waals surface area contributed by atoms with Crippen LogP contribution in [0.2, 0.25) is 0 Å². The van der Waals surface area contributed by atoms with E-state index in [0.29, 0.717) is 19.7 Å². The smallest absolute Gasteiger partial charge is 0.325 e. The third kappa shape index (κ3) is 3.87. The van der Waals surface area contributed by atoms with Crippen molar-refractivity contribution >= 4 is 12.0 Å². The zero-order valence-corrected chi connectivity index (χ0v) is 15.2. The molecule has 0 saturated heterocycles. The van der Waals surface area contributed by atoms with E-state index in [0.717, 1.165) is 29.8 Å². The first kappa shape index (κ1) is 18.0. The summed E-state index contributed by atoms with van der Waals surface area (Å²) in [7, 11) is 1.95. The molecular weight excluding hydrogens is 332 g/mol. The first-order valence-electron chi connectivity index (χ1n) is 8.88. The number of benzene rings is 1. The lowest BCUT2D eigenvalue weighted by Gasteiger charge is -2.20. The second-order valence-corrected chi connectivity index (χ2v) is 6.21. The number of urea groups is 1. The van der Waals surface area contributed by atoms with E-state index >= 15 is 0 Å². The highest BCUT2D eigenvalue weighted by Crippen LogP contribution is 2.27. The fourth-order valence-corrected chi connectivity index (χ4v) is 3.28. The van der Waals surface area contributed by atoms with Gasteiger partial charge in [-0.1, -0.05) is 30.3 Å². The molecule has 0 saturated carbocycles. The zero-order valence-electron chi connectivity index (χ0n) is 15.2. The molecule has 0 fully saturated rings. The van der Waals surface area contributed by atoms with E-state index in [1.807, 2.05) is 29.9 Å². The Kier molecular flexibility index (Phi) is 5.55. The van der Waals surface area contributed by atoms with Crippen LogP contribution in [0.5, 0.6) is 0 Å². The predicted molar refractivity (Wildman–Crippen MR) is 97.7 cm³/mol. The Hall–Kier alpha value is -2.83. The number of amides is 2. The maximum atomic E-state index is 12.4. The van der Waals surface area contributed by atoms with Crippen molar-refractivity contribution in [3.05, 3.63) is 41.6 Å². The molecule has 26 heavy (non-hydrogen) atoms. The van der Waals surface area contributed by atoms with Gasteiger partial charge in [0.15, 0.2) is 0 Å². The molecule has 1 aromatic heterocycles. The number of nitrogens with one attached hydrogen (secondary N) is 1. The van der Waals surface area contributed by atoms with E-state index in [4.69, 9.17) is 9.84 Å². The molecule has 2 aromatic rings. The van der Waals surface area contributed by atoms with Crippen molar-refractivity contribution in [1.82, 2.24) is 20.0 Å². The molecule has 1 aromatic carbocycles. The first-order chi connectivity index (χ1) is 12.6. The summed E-state index contributed by atoms with van der Waals surface area (Å²) in [5.74, 6) is -0.422. The van der Waals surface area contributed by atoms with E-state index in [1.54, 1.807) is 11.8 Å². The molecule has 2 amide bonds. The van der Waals surface area contributed by atoms with Gasteiger partial charge in [0.1, 0.15) is 6.54 Å². The second-order valence-electron chi connectivity index (χ2n) is 6.21. The normalized spacial score (nSPS) is 13.7.